The number of nitrogens with zero attached hydrogens (tertiary/aromatic N) is 6. The molecule has 0 fully saturated rings. The van der Waals surface area contributed by atoms with Crippen molar-refractivity contribution in [2.24, 2.45) is 0 Å². The standard InChI is InChI=1S/C69H50N6O/c1-69(2,3)50-36-38-71-67(40-50)75-63-35-31-52(74-61-28-12-10-24-57(61)58-25-11-13-29-62(58)74)42-60(63)59-33-32-54(43-65(59)75)76-53-23-14-22-51(41-53)72-45-73(66-39-48(30-34-64(66)72)49-21-16-37-70-44-49)68-55(46-17-6-4-7-18-46)26-15-27-56(68)47-19-8-5-9-20-47/h4-44H,1-3H3/i4D,5D,6D,7D,8D,9D,17D,18D,19D. The summed E-state index contributed by atoms with van der Waals surface area (Å²) >= 11 is 0. The molecule has 14 aromatic rings. The predicted octanol–water partition coefficient (Wildman–Crippen LogP) is 16.8. The van der Waals surface area contributed by atoms with Crippen LogP contribution in [0.3, 0.4) is 0 Å². The van der Waals surface area contributed by atoms with E-state index in [4.69, 9.17) is 17.9 Å². The maximum Gasteiger partial charge on any atom is 0.269 e. The molecule has 0 aliphatic rings. The number of ether oxygens (including phenoxy) is 1. The van der Waals surface area contributed by atoms with E-state index in [-0.39, 0.29) is 39.9 Å². The fourth-order valence-electron chi connectivity index (χ4n) is 10.7. The average Bonchev–Trinajstić information content (AvgIpc) is 2.04. The van der Waals surface area contributed by atoms with Crippen LogP contribution in [-0.4, -0.2) is 23.7 Å². The highest BCUT2D eigenvalue weighted by atomic mass is 16.5. The Labute approximate surface area is 453 Å². The number of rotatable bonds is 9. The lowest BCUT2D eigenvalue weighted by atomic mass is 9.88. The van der Waals surface area contributed by atoms with Crippen molar-refractivity contribution in [2.45, 2.75) is 26.2 Å². The maximum atomic E-state index is 9.21. The van der Waals surface area contributed by atoms with Gasteiger partial charge >= 0.3 is 0 Å². The number of hydrogen-bond acceptors (Lipinski definition) is 3. The second-order valence-electron chi connectivity index (χ2n) is 19.8. The van der Waals surface area contributed by atoms with Crippen molar-refractivity contribution in [1.82, 2.24) is 23.7 Å². The zero-order chi connectivity index (χ0) is 58.7. The number of imidazole rings is 1. The molecule has 76 heavy (non-hydrogen) atoms. The summed E-state index contributed by atoms with van der Waals surface area (Å²) in [5.74, 6) is 1.86. The summed E-state index contributed by atoms with van der Waals surface area (Å²) in [6.45, 7) is 6.59. The molecule has 7 heteroatoms. The van der Waals surface area contributed by atoms with Crippen LogP contribution in [0.15, 0.2) is 249 Å². The largest absolute Gasteiger partial charge is 0.458 e. The quantitative estimate of drug-likeness (QED) is 0.107. The topological polar surface area (TPSA) is 53.7 Å². The Morgan fingerprint density at radius 2 is 1.20 bits per heavy atom. The zero-order valence-electron chi connectivity index (χ0n) is 50.6. The molecule has 9 aromatic carbocycles. The number of aromatic nitrogens is 6. The van der Waals surface area contributed by atoms with Gasteiger partial charge in [0, 0.05) is 51.9 Å². The van der Waals surface area contributed by atoms with E-state index in [0.717, 1.165) is 61.0 Å². The summed E-state index contributed by atoms with van der Waals surface area (Å²) < 4.78 is 94.4. The number of fused-ring (bicyclic) bond motifs is 7. The van der Waals surface area contributed by atoms with Crippen LogP contribution in [0, 0.1) is 6.33 Å². The first-order chi connectivity index (χ1) is 41.0. The van der Waals surface area contributed by atoms with Crippen molar-refractivity contribution in [3.05, 3.63) is 261 Å². The average molecular weight is 988 g/mol. The van der Waals surface area contributed by atoms with Gasteiger partial charge in [-0.15, -0.1) is 0 Å². The van der Waals surface area contributed by atoms with Gasteiger partial charge < -0.3 is 9.30 Å². The molecule has 5 heterocycles. The van der Waals surface area contributed by atoms with Crippen LogP contribution in [0.4, 0.5) is 0 Å². The van der Waals surface area contributed by atoms with E-state index in [1.54, 1.807) is 35.2 Å². The Morgan fingerprint density at radius 3 is 1.99 bits per heavy atom. The zero-order valence-corrected chi connectivity index (χ0v) is 41.6. The third kappa shape index (κ3) is 7.63. The Hall–Kier alpha value is -9.85. The molecule has 5 aromatic heterocycles. The number of hydrogen-bond donors (Lipinski definition) is 0. The van der Waals surface area contributed by atoms with Gasteiger partial charge in [-0.2, -0.15) is 0 Å². The summed E-state index contributed by atoms with van der Waals surface area (Å²) in [6.07, 6.45) is 8.88. The fourth-order valence-corrected chi connectivity index (χ4v) is 10.7. The third-order valence-corrected chi connectivity index (χ3v) is 14.2. The van der Waals surface area contributed by atoms with Crippen molar-refractivity contribution >= 4 is 54.6 Å². The molecule has 0 spiro atoms. The molecule has 14 rings (SSSR count). The third-order valence-electron chi connectivity index (χ3n) is 14.2. The second kappa shape index (κ2) is 18.0. The fraction of sp³-hybridized carbons (Fsp3) is 0.0580. The van der Waals surface area contributed by atoms with Crippen molar-refractivity contribution < 1.29 is 21.6 Å². The van der Waals surface area contributed by atoms with Crippen LogP contribution in [0.5, 0.6) is 11.5 Å². The molecule has 0 aliphatic heterocycles. The van der Waals surface area contributed by atoms with Crippen molar-refractivity contribution in [1.29, 1.82) is 0 Å². The number of pyridine rings is 2. The van der Waals surface area contributed by atoms with Crippen molar-refractivity contribution in [3.63, 3.8) is 0 Å². The van der Waals surface area contributed by atoms with Gasteiger partial charge in [0.05, 0.1) is 56.8 Å². The monoisotopic (exact) mass is 987 g/mol. The molecule has 0 radical (unpaired) electrons. The van der Waals surface area contributed by atoms with Crippen LogP contribution in [-0.2, 0) is 5.41 Å². The molecule has 0 aliphatic carbocycles. The summed E-state index contributed by atoms with van der Waals surface area (Å²) in [5.41, 5.74) is 10.4. The van der Waals surface area contributed by atoms with Gasteiger partial charge in [-0.3, -0.25) is 18.7 Å². The highest BCUT2D eigenvalue weighted by molar-refractivity contribution is 6.12. The Bertz CT molecular complexity index is 5020. The minimum absolute atomic E-state index is 0.0958. The lowest BCUT2D eigenvalue weighted by molar-refractivity contribution is -0.571. The highest BCUT2D eigenvalue weighted by Crippen LogP contribution is 2.40. The molecule has 0 saturated heterocycles. The molecule has 0 amide bonds. The number of para-hydroxylation sites is 3. The maximum absolute atomic E-state index is 9.21. The van der Waals surface area contributed by atoms with E-state index in [1.807, 2.05) is 71.4 Å². The number of benzene rings is 9. The van der Waals surface area contributed by atoms with Gasteiger partial charge in [0.15, 0.2) is 0 Å². The van der Waals surface area contributed by atoms with E-state index in [0.29, 0.717) is 33.8 Å². The molecule has 7 nitrogen and oxygen atoms in total. The van der Waals surface area contributed by atoms with Gasteiger partial charge in [-0.25, -0.2) is 4.98 Å². The summed E-state index contributed by atoms with van der Waals surface area (Å²) in [6, 6.07) is 53.6. The van der Waals surface area contributed by atoms with Gasteiger partial charge in [-0.05, 0) is 129 Å². The summed E-state index contributed by atoms with van der Waals surface area (Å²) in [5, 5.41) is 4.42. The highest BCUT2D eigenvalue weighted by Gasteiger charge is 2.23. The van der Waals surface area contributed by atoms with Crippen molar-refractivity contribution in [3.8, 4) is 67.8 Å². The predicted molar refractivity (Wildman–Crippen MR) is 309 cm³/mol. The smallest absolute Gasteiger partial charge is 0.269 e. The normalized spacial score (nSPS) is 13.5. The molecular weight excluding hydrogens is 929 g/mol. The van der Waals surface area contributed by atoms with E-state index in [1.165, 1.54) is 16.8 Å². The van der Waals surface area contributed by atoms with Gasteiger partial charge in [0.2, 0.25) is 0 Å². The Balaban J connectivity index is 0.949. The SMILES string of the molecule is [2H]c1cc(-c2cccc(-c3c([2H])c([2H])c([2H])c([2H])c3[2H])c2-[n+]2[c-]n(-c3cccc(Oc4ccc5c6cc(-n7c8ccccc8c8ccccc87)ccc6n(-c6cc(C(C)(C)C)ccn6)c5c4)c3)c3ccc(-c4cccnc4)cc32)c([2H])c([2H])c1[2H]. The van der Waals surface area contributed by atoms with E-state index >= 15 is 0 Å². The van der Waals surface area contributed by atoms with Gasteiger partial charge in [0.1, 0.15) is 17.3 Å². The molecule has 0 saturated carbocycles. The Kier molecular flexibility index (Phi) is 8.54. The lowest BCUT2D eigenvalue weighted by Crippen LogP contribution is -2.31. The molecule has 0 unspecified atom stereocenters. The van der Waals surface area contributed by atoms with Gasteiger partial charge in [-0.1, -0.05) is 160 Å². The van der Waals surface area contributed by atoms with Crippen LogP contribution in [0.2, 0.25) is 0 Å². The molecule has 0 atom stereocenters. The molecular formula is C69H50N6O. The Morgan fingerprint density at radius 1 is 0.487 bits per heavy atom. The van der Waals surface area contributed by atoms with Crippen LogP contribution in [0.1, 0.15) is 38.7 Å². The first-order valence-electron chi connectivity index (χ1n) is 29.5. The van der Waals surface area contributed by atoms with E-state index < -0.39 is 42.3 Å². The van der Waals surface area contributed by atoms with Crippen LogP contribution < -0.4 is 9.30 Å². The minimum Gasteiger partial charge on any atom is -0.458 e. The minimum atomic E-state index is -0.553. The van der Waals surface area contributed by atoms with Gasteiger partial charge in [0.25, 0.3) is 6.33 Å². The lowest BCUT2D eigenvalue weighted by Gasteiger charge is -2.20. The molecule has 362 valence electrons. The summed E-state index contributed by atoms with van der Waals surface area (Å²) in [4.78, 5) is 9.38. The molecule has 0 bridgehead atoms. The first kappa shape index (κ1) is 36.1. The first-order valence-corrected chi connectivity index (χ1v) is 25.0. The molecule has 0 N–H and O–H groups in total. The van der Waals surface area contributed by atoms with Crippen LogP contribution >= 0.6 is 0 Å². The van der Waals surface area contributed by atoms with E-state index in [9.17, 15) is 4.11 Å². The van der Waals surface area contributed by atoms with E-state index in [2.05, 4.69) is 132 Å². The van der Waals surface area contributed by atoms with Crippen LogP contribution in [0.25, 0.3) is 111 Å². The van der Waals surface area contributed by atoms with Crippen molar-refractivity contribution in [2.75, 3.05) is 0 Å². The summed E-state index contributed by atoms with van der Waals surface area (Å²) in [7, 11) is 0. The second-order valence-corrected chi connectivity index (χ2v) is 19.8.